The molecule has 0 radical (unpaired) electrons. The molecule has 1 aromatic rings. The van der Waals surface area contributed by atoms with Crippen LogP contribution in [0.15, 0.2) is 10.9 Å². The van der Waals surface area contributed by atoms with Crippen LogP contribution in [0.25, 0.3) is 0 Å². The van der Waals surface area contributed by atoms with Crippen LogP contribution < -0.4 is 11.3 Å². The summed E-state index contributed by atoms with van der Waals surface area (Å²) >= 11 is 0. The Balaban J connectivity index is 3.49. The molecule has 0 atom stereocenters. The standard InChI is InChI=1S/C7H10N4O/c1-4-3-5(6(8)9)7(12)11(2)10-4/h3H,1-2H3,(H3,8,9). The number of nitrogens with zero attached hydrogens (tertiary/aromatic N) is 2. The van der Waals surface area contributed by atoms with E-state index in [0.29, 0.717) is 5.69 Å². The van der Waals surface area contributed by atoms with E-state index in [1.54, 1.807) is 6.92 Å². The molecule has 1 rings (SSSR count). The quantitative estimate of drug-likeness (QED) is 0.430. The Kier molecular flexibility index (Phi) is 1.95. The number of aryl methyl sites for hydroxylation is 2. The van der Waals surface area contributed by atoms with Gasteiger partial charge in [0.05, 0.1) is 11.3 Å². The fourth-order valence-corrected chi connectivity index (χ4v) is 0.949. The van der Waals surface area contributed by atoms with Gasteiger partial charge < -0.3 is 5.73 Å². The Labute approximate surface area is 69.3 Å². The molecule has 0 saturated heterocycles. The van der Waals surface area contributed by atoms with Crippen molar-refractivity contribution in [3.63, 3.8) is 0 Å². The maximum atomic E-state index is 11.2. The van der Waals surface area contributed by atoms with Gasteiger partial charge in [0.2, 0.25) is 0 Å². The predicted molar refractivity (Wildman–Crippen MR) is 45.2 cm³/mol. The number of rotatable bonds is 1. The Morgan fingerprint density at radius 2 is 2.33 bits per heavy atom. The normalized spacial score (nSPS) is 9.83. The molecular formula is C7H10N4O. The first-order valence-electron chi connectivity index (χ1n) is 3.41. The number of nitrogens with two attached hydrogens (primary N) is 1. The third-order valence-corrected chi connectivity index (χ3v) is 1.48. The van der Waals surface area contributed by atoms with E-state index in [1.807, 2.05) is 0 Å². The van der Waals surface area contributed by atoms with E-state index < -0.39 is 0 Å². The van der Waals surface area contributed by atoms with Crippen molar-refractivity contribution >= 4 is 5.84 Å². The summed E-state index contributed by atoms with van der Waals surface area (Å²) in [4.78, 5) is 11.2. The number of aromatic nitrogens is 2. The highest BCUT2D eigenvalue weighted by Crippen LogP contribution is 1.92. The van der Waals surface area contributed by atoms with Crippen molar-refractivity contribution < 1.29 is 0 Å². The van der Waals surface area contributed by atoms with Gasteiger partial charge in [-0.15, -0.1) is 0 Å². The first kappa shape index (κ1) is 8.45. The highest BCUT2D eigenvalue weighted by Gasteiger charge is 2.05. The zero-order valence-electron chi connectivity index (χ0n) is 6.96. The topological polar surface area (TPSA) is 84.8 Å². The monoisotopic (exact) mass is 166 g/mol. The van der Waals surface area contributed by atoms with E-state index in [1.165, 1.54) is 17.8 Å². The molecular weight excluding hydrogens is 156 g/mol. The zero-order valence-corrected chi connectivity index (χ0v) is 6.96. The second-order valence-corrected chi connectivity index (χ2v) is 2.54. The third-order valence-electron chi connectivity index (χ3n) is 1.48. The number of hydrogen-bond acceptors (Lipinski definition) is 3. The maximum Gasteiger partial charge on any atom is 0.277 e. The summed E-state index contributed by atoms with van der Waals surface area (Å²) in [6, 6.07) is 1.50. The fourth-order valence-electron chi connectivity index (χ4n) is 0.949. The van der Waals surface area contributed by atoms with E-state index in [2.05, 4.69) is 5.10 Å². The molecule has 0 bridgehead atoms. The predicted octanol–water partition coefficient (Wildman–Crippen LogP) is -0.627. The van der Waals surface area contributed by atoms with E-state index in [4.69, 9.17) is 11.1 Å². The number of nitrogens with one attached hydrogen (secondary N) is 1. The highest BCUT2D eigenvalue weighted by atomic mass is 16.1. The summed E-state index contributed by atoms with van der Waals surface area (Å²) in [7, 11) is 1.53. The van der Waals surface area contributed by atoms with Gasteiger partial charge in [-0.1, -0.05) is 0 Å². The van der Waals surface area contributed by atoms with Crippen LogP contribution in [0.1, 0.15) is 11.3 Å². The van der Waals surface area contributed by atoms with Gasteiger partial charge in [-0.2, -0.15) is 5.10 Å². The maximum absolute atomic E-state index is 11.2. The number of nitrogen functional groups attached to an aromatic ring is 1. The lowest BCUT2D eigenvalue weighted by Gasteiger charge is -2.01. The van der Waals surface area contributed by atoms with Crippen molar-refractivity contribution in [3.05, 3.63) is 27.7 Å². The van der Waals surface area contributed by atoms with E-state index >= 15 is 0 Å². The second-order valence-electron chi connectivity index (χ2n) is 2.54. The van der Waals surface area contributed by atoms with Gasteiger partial charge in [0, 0.05) is 7.05 Å². The lowest BCUT2D eigenvalue weighted by molar-refractivity contribution is 0.690. The summed E-state index contributed by atoms with van der Waals surface area (Å²) in [5, 5.41) is 11.0. The van der Waals surface area contributed by atoms with Crippen LogP contribution in [-0.4, -0.2) is 15.6 Å². The molecule has 5 nitrogen and oxygen atoms in total. The van der Waals surface area contributed by atoms with Crippen LogP contribution in [0.3, 0.4) is 0 Å². The number of hydrogen-bond donors (Lipinski definition) is 2. The van der Waals surface area contributed by atoms with Crippen LogP contribution in [0.5, 0.6) is 0 Å². The second kappa shape index (κ2) is 2.77. The Morgan fingerprint density at radius 3 is 2.83 bits per heavy atom. The van der Waals surface area contributed by atoms with Crippen LogP contribution >= 0.6 is 0 Å². The minimum Gasteiger partial charge on any atom is -0.384 e. The molecule has 0 unspecified atom stereocenters. The number of amidine groups is 1. The average Bonchev–Trinajstić information content (AvgIpc) is 1.96. The first-order chi connectivity index (χ1) is 5.52. The van der Waals surface area contributed by atoms with Crippen LogP contribution in [-0.2, 0) is 7.05 Å². The molecule has 64 valence electrons. The molecule has 5 heteroatoms. The largest absolute Gasteiger partial charge is 0.384 e. The lowest BCUT2D eigenvalue weighted by atomic mass is 10.2. The third kappa shape index (κ3) is 1.34. The summed E-state index contributed by atoms with van der Waals surface area (Å²) in [6.45, 7) is 1.74. The van der Waals surface area contributed by atoms with Crippen LogP contribution in [0.2, 0.25) is 0 Å². The van der Waals surface area contributed by atoms with Crippen molar-refractivity contribution in [2.45, 2.75) is 6.92 Å². The van der Waals surface area contributed by atoms with Gasteiger partial charge in [-0.3, -0.25) is 10.2 Å². The fraction of sp³-hybridized carbons (Fsp3) is 0.286. The molecule has 0 fully saturated rings. The minimum atomic E-state index is -0.340. The Bertz CT molecular complexity index is 379. The van der Waals surface area contributed by atoms with Gasteiger partial charge >= 0.3 is 0 Å². The molecule has 1 heterocycles. The SMILES string of the molecule is Cc1cc(C(=N)N)c(=O)n(C)n1. The highest BCUT2D eigenvalue weighted by molar-refractivity contribution is 5.94. The van der Waals surface area contributed by atoms with Crippen LogP contribution in [0.4, 0.5) is 0 Å². The van der Waals surface area contributed by atoms with Crippen LogP contribution in [0, 0.1) is 12.3 Å². The molecule has 0 aliphatic carbocycles. The van der Waals surface area contributed by atoms with E-state index in [0.717, 1.165) is 0 Å². The first-order valence-corrected chi connectivity index (χ1v) is 3.41. The molecule has 0 amide bonds. The smallest absolute Gasteiger partial charge is 0.277 e. The molecule has 3 N–H and O–H groups in total. The molecule has 1 aromatic heterocycles. The molecule has 0 aromatic carbocycles. The molecule has 0 aliphatic rings. The van der Waals surface area contributed by atoms with Gasteiger partial charge in [0.25, 0.3) is 5.56 Å². The molecule has 0 aliphatic heterocycles. The van der Waals surface area contributed by atoms with Crippen molar-refractivity contribution in [1.29, 1.82) is 5.41 Å². The van der Waals surface area contributed by atoms with Gasteiger partial charge in [-0.25, -0.2) is 4.68 Å². The molecule has 12 heavy (non-hydrogen) atoms. The summed E-state index contributed by atoms with van der Waals surface area (Å²) in [6.07, 6.45) is 0. The van der Waals surface area contributed by atoms with Crippen molar-refractivity contribution in [2.75, 3.05) is 0 Å². The molecule has 0 saturated carbocycles. The van der Waals surface area contributed by atoms with Crippen molar-refractivity contribution in [3.8, 4) is 0 Å². The van der Waals surface area contributed by atoms with Gasteiger partial charge in [-0.05, 0) is 13.0 Å². The van der Waals surface area contributed by atoms with Crippen molar-refractivity contribution in [2.24, 2.45) is 12.8 Å². The Hall–Kier alpha value is -1.65. The lowest BCUT2D eigenvalue weighted by Crippen LogP contribution is -2.30. The minimum absolute atomic E-state index is 0.199. The summed E-state index contributed by atoms with van der Waals surface area (Å²) in [5.41, 5.74) is 5.72. The van der Waals surface area contributed by atoms with Gasteiger partial charge in [0.15, 0.2) is 0 Å². The van der Waals surface area contributed by atoms with Crippen molar-refractivity contribution in [1.82, 2.24) is 9.78 Å². The summed E-state index contributed by atoms with van der Waals surface area (Å²) in [5.74, 6) is -0.221. The summed E-state index contributed by atoms with van der Waals surface area (Å²) < 4.78 is 1.17. The zero-order chi connectivity index (χ0) is 9.30. The average molecular weight is 166 g/mol. The van der Waals surface area contributed by atoms with E-state index in [-0.39, 0.29) is 17.0 Å². The van der Waals surface area contributed by atoms with Gasteiger partial charge in [0.1, 0.15) is 5.84 Å². The Morgan fingerprint density at radius 1 is 1.75 bits per heavy atom. The molecule has 0 spiro atoms. The van der Waals surface area contributed by atoms with E-state index in [9.17, 15) is 4.79 Å².